The Morgan fingerprint density at radius 3 is 2.53 bits per heavy atom. The fraction of sp³-hybridized carbons (Fsp3) is 0.360. The number of hydrogen-bond donors (Lipinski definition) is 2. The Morgan fingerprint density at radius 2 is 1.78 bits per heavy atom. The van der Waals surface area contributed by atoms with E-state index >= 15 is 0 Å². The summed E-state index contributed by atoms with van der Waals surface area (Å²) in [5.41, 5.74) is 6.35. The molecule has 2 aromatic carbocycles. The molecule has 2 heterocycles. The van der Waals surface area contributed by atoms with E-state index in [2.05, 4.69) is 38.8 Å². The second kappa shape index (κ2) is 10.4. The maximum atomic E-state index is 12.5. The molecular weight excluding hydrogens is 402 g/mol. The van der Waals surface area contributed by atoms with Gasteiger partial charge in [0.2, 0.25) is 0 Å². The average molecular weight is 434 g/mol. The zero-order valence-electron chi connectivity index (χ0n) is 18.8. The smallest absolute Gasteiger partial charge is 0.319 e. The van der Waals surface area contributed by atoms with Crippen molar-refractivity contribution in [3.05, 3.63) is 82.7 Å². The Labute approximate surface area is 189 Å². The minimum absolute atomic E-state index is 0.213. The number of aromatic nitrogens is 2. The monoisotopic (exact) mass is 433 g/mol. The van der Waals surface area contributed by atoms with Crippen molar-refractivity contribution in [2.24, 2.45) is 0 Å². The first-order valence-corrected chi connectivity index (χ1v) is 11.1. The van der Waals surface area contributed by atoms with Crippen LogP contribution in [0, 0.1) is 13.8 Å². The number of hydrogen-bond acceptors (Lipinski definition) is 4. The molecule has 7 nitrogen and oxygen atoms in total. The van der Waals surface area contributed by atoms with Gasteiger partial charge in [0.15, 0.2) is 0 Å². The molecule has 4 rings (SSSR count). The van der Waals surface area contributed by atoms with Gasteiger partial charge in [0.1, 0.15) is 0 Å². The fourth-order valence-corrected chi connectivity index (χ4v) is 3.99. The molecule has 1 saturated heterocycles. The molecule has 3 aromatic rings. The van der Waals surface area contributed by atoms with Crippen LogP contribution in [0.2, 0.25) is 0 Å². The largest absolute Gasteiger partial charge is 0.379 e. The van der Waals surface area contributed by atoms with Crippen LogP contribution in [0.1, 0.15) is 28.1 Å². The Kier molecular flexibility index (Phi) is 7.19. The van der Waals surface area contributed by atoms with E-state index < -0.39 is 0 Å². The molecule has 1 aromatic heterocycles. The molecule has 0 saturated carbocycles. The first-order chi connectivity index (χ1) is 15.6. The van der Waals surface area contributed by atoms with Gasteiger partial charge in [0, 0.05) is 37.6 Å². The molecule has 1 aliphatic heterocycles. The summed E-state index contributed by atoms with van der Waals surface area (Å²) in [5.74, 6) is 0. The van der Waals surface area contributed by atoms with Gasteiger partial charge in [-0.15, -0.1) is 0 Å². The van der Waals surface area contributed by atoms with Crippen LogP contribution in [-0.4, -0.2) is 47.0 Å². The number of ether oxygens (including phenoxy) is 1. The van der Waals surface area contributed by atoms with E-state index in [-0.39, 0.29) is 6.03 Å². The molecule has 0 bridgehead atoms. The second-order valence-corrected chi connectivity index (χ2v) is 8.25. The van der Waals surface area contributed by atoms with Crippen LogP contribution >= 0.6 is 0 Å². The Morgan fingerprint density at radius 1 is 1.00 bits per heavy atom. The number of rotatable bonds is 7. The number of anilines is 1. The van der Waals surface area contributed by atoms with Gasteiger partial charge >= 0.3 is 6.03 Å². The predicted molar refractivity (Wildman–Crippen MR) is 126 cm³/mol. The molecule has 1 fully saturated rings. The summed E-state index contributed by atoms with van der Waals surface area (Å²) in [6, 6.07) is 18.0. The third-order valence-corrected chi connectivity index (χ3v) is 5.68. The van der Waals surface area contributed by atoms with E-state index in [0.717, 1.165) is 61.1 Å². The quantitative estimate of drug-likeness (QED) is 0.596. The van der Waals surface area contributed by atoms with Crippen molar-refractivity contribution >= 4 is 11.7 Å². The first kappa shape index (κ1) is 22.0. The number of carbonyl (C=O) groups excluding carboxylic acids is 1. The van der Waals surface area contributed by atoms with Gasteiger partial charge < -0.3 is 15.4 Å². The molecule has 32 heavy (non-hydrogen) atoms. The Balaban J connectivity index is 1.33. The zero-order chi connectivity index (χ0) is 22.3. The van der Waals surface area contributed by atoms with Gasteiger partial charge in [-0.2, -0.15) is 5.10 Å². The van der Waals surface area contributed by atoms with Crippen LogP contribution in [0.5, 0.6) is 0 Å². The molecule has 7 heteroatoms. The summed E-state index contributed by atoms with van der Waals surface area (Å²) >= 11 is 0. The van der Waals surface area contributed by atoms with Crippen LogP contribution in [0.4, 0.5) is 10.5 Å². The number of urea groups is 1. The highest BCUT2D eigenvalue weighted by molar-refractivity contribution is 5.89. The summed E-state index contributed by atoms with van der Waals surface area (Å²) in [6.07, 6.45) is 0. The first-order valence-electron chi connectivity index (χ1n) is 11.1. The number of carbonyl (C=O) groups is 1. The molecule has 0 radical (unpaired) electrons. The third kappa shape index (κ3) is 5.96. The number of nitrogens with one attached hydrogen (secondary N) is 2. The van der Waals surface area contributed by atoms with Crippen molar-refractivity contribution in [2.45, 2.75) is 33.5 Å². The lowest BCUT2D eigenvalue weighted by Gasteiger charge is -2.27. The highest BCUT2D eigenvalue weighted by Gasteiger charge is 2.13. The van der Waals surface area contributed by atoms with Crippen molar-refractivity contribution in [1.29, 1.82) is 0 Å². The van der Waals surface area contributed by atoms with Gasteiger partial charge in [-0.05, 0) is 48.7 Å². The van der Waals surface area contributed by atoms with Crippen LogP contribution in [0.3, 0.4) is 0 Å². The van der Waals surface area contributed by atoms with Gasteiger partial charge in [-0.1, -0.05) is 36.4 Å². The minimum Gasteiger partial charge on any atom is -0.379 e. The van der Waals surface area contributed by atoms with E-state index in [0.29, 0.717) is 13.1 Å². The van der Waals surface area contributed by atoms with Crippen molar-refractivity contribution in [3.63, 3.8) is 0 Å². The lowest BCUT2D eigenvalue weighted by Crippen LogP contribution is -2.36. The summed E-state index contributed by atoms with van der Waals surface area (Å²) < 4.78 is 7.41. The van der Waals surface area contributed by atoms with Gasteiger partial charge in [0.05, 0.1) is 25.5 Å². The van der Waals surface area contributed by atoms with E-state index in [1.165, 1.54) is 5.56 Å². The SMILES string of the molecule is Cc1cc(C)n(Cc2cccc(NC(=O)NCc3ccccc3CN3CCOCC3)c2)n1. The zero-order valence-corrected chi connectivity index (χ0v) is 18.8. The average Bonchev–Trinajstić information content (AvgIpc) is 3.10. The van der Waals surface area contributed by atoms with Crippen molar-refractivity contribution < 1.29 is 9.53 Å². The van der Waals surface area contributed by atoms with E-state index in [9.17, 15) is 4.79 Å². The van der Waals surface area contributed by atoms with E-state index in [4.69, 9.17) is 4.74 Å². The number of amides is 2. The van der Waals surface area contributed by atoms with Crippen LogP contribution < -0.4 is 10.6 Å². The molecule has 2 amide bonds. The van der Waals surface area contributed by atoms with Gasteiger partial charge in [-0.25, -0.2) is 4.79 Å². The molecule has 1 aliphatic rings. The van der Waals surface area contributed by atoms with Crippen LogP contribution in [0.15, 0.2) is 54.6 Å². The van der Waals surface area contributed by atoms with Crippen LogP contribution in [-0.2, 0) is 24.4 Å². The Hall–Kier alpha value is -3.16. The maximum Gasteiger partial charge on any atom is 0.319 e. The predicted octanol–water partition coefficient (Wildman–Crippen LogP) is 3.70. The standard InChI is InChI=1S/C25H31N5O2/c1-19-14-20(2)30(28-19)17-21-6-5-9-24(15-21)27-25(31)26-16-22-7-3-4-8-23(22)18-29-10-12-32-13-11-29/h3-9,14-15H,10-13,16-18H2,1-2H3,(H2,26,27,31). The highest BCUT2D eigenvalue weighted by Crippen LogP contribution is 2.15. The molecule has 0 unspecified atom stereocenters. The Bertz CT molecular complexity index is 1060. The topological polar surface area (TPSA) is 71.4 Å². The summed E-state index contributed by atoms with van der Waals surface area (Å²) in [5, 5.41) is 10.5. The third-order valence-electron chi connectivity index (χ3n) is 5.68. The van der Waals surface area contributed by atoms with Gasteiger partial charge in [-0.3, -0.25) is 9.58 Å². The minimum atomic E-state index is -0.213. The highest BCUT2D eigenvalue weighted by atomic mass is 16.5. The van der Waals surface area contributed by atoms with E-state index in [1.54, 1.807) is 0 Å². The summed E-state index contributed by atoms with van der Waals surface area (Å²) in [4.78, 5) is 14.9. The molecule has 2 N–H and O–H groups in total. The van der Waals surface area contributed by atoms with Crippen molar-refractivity contribution in [1.82, 2.24) is 20.0 Å². The van der Waals surface area contributed by atoms with Crippen LogP contribution in [0.25, 0.3) is 0 Å². The number of nitrogens with zero attached hydrogens (tertiary/aromatic N) is 3. The summed E-state index contributed by atoms with van der Waals surface area (Å²) in [7, 11) is 0. The van der Waals surface area contributed by atoms with Crippen molar-refractivity contribution in [3.8, 4) is 0 Å². The number of benzene rings is 2. The van der Waals surface area contributed by atoms with Crippen molar-refractivity contribution in [2.75, 3.05) is 31.6 Å². The lowest BCUT2D eigenvalue weighted by atomic mass is 10.1. The molecule has 0 spiro atoms. The second-order valence-electron chi connectivity index (χ2n) is 8.25. The fourth-order valence-electron chi connectivity index (χ4n) is 3.99. The summed E-state index contributed by atoms with van der Waals surface area (Å²) in [6.45, 7) is 9.51. The molecule has 0 aliphatic carbocycles. The number of morpholine rings is 1. The van der Waals surface area contributed by atoms with E-state index in [1.807, 2.05) is 54.9 Å². The molecule has 0 atom stereocenters. The molecular formula is C25H31N5O2. The normalized spacial score (nSPS) is 14.3. The maximum absolute atomic E-state index is 12.5. The molecule has 168 valence electrons. The van der Waals surface area contributed by atoms with Gasteiger partial charge in [0.25, 0.3) is 0 Å². The number of aryl methyl sites for hydroxylation is 2. The lowest BCUT2D eigenvalue weighted by molar-refractivity contribution is 0.0341.